The Morgan fingerprint density at radius 1 is 1.22 bits per heavy atom. The Morgan fingerprint density at radius 3 is 2.67 bits per heavy atom. The molecule has 1 N–H and O–H groups in total. The van der Waals surface area contributed by atoms with Gasteiger partial charge >= 0.3 is 0 Å². The molecule has 27 heavy (non-hydrogen) atoms. The fourth-order valence-electron chi connectivity index (χ4n) is 3.21. The highest BCUT2D eigenvalue weighted by Crippen LogP contribution is 2.18. The zero-order chi connectivity index (χ0) is 19.2. The van der Waals surface area contributed by atoms with Gasteiger partial charge in [0.2, 0.25) is 0 Å². The van der Waals surface area contributed by atoms with Crippen molar-refractivity contribution in [2.75, 3.05) is 33.2 Å². The third-order valence-corrected chi connectivity index (χ3v) is 5.29. The molecule has 1 aliphatic heterocycles. The second-order valence-corrected chi connectivity index (χ2v) is 7.54. The molecule has 0 saturated carbocycles. The summed E-state index contributed by atoms with van der Waals surface area (Å²) in [7, 11) is 1.81. The molecule has 1 fully saturated rings. The normalized spacial score (nSPS) is 15.9. The standard InChI is InChI=1S/C20H25BrFN5/c1-15-4-3-5-17(25-15)13-24-20(23-2)27-10-8-26(9-11-27)14-16-6-7-18(21)19(22)12-16/h3-7,12H,8-11,13-14H2,1-2H3,(H,23,24). The van der Waals surface area contributed by atoms with E-state index in [0.29, 0.717) is 11.0 Å². The first kappa shape index (κ1) is 19.8. The van der Waals surface area contributed by atoms with Gasteiger partial charge in [0.05, 0.1) is 16.7 Å². The van der Waals surface area contributed by atoms with Crippen LogP contribution in [-0.2, 0) is 13.1 Å². The number of pyridine rings is 1. The van der Waals surface area contributed by atoms with Crippen molar-refractivity contribution in [1.29, 1.82) is 0 Å². The fraction of sp³-hybridized carbons (Fsp3) is 0.400. The van der Waals surface area contributed by atoms with E-state index in [0.717, 1.165) is 55.6 Å². The zero-order valence-electron chi connectivity index (χ0n) is 15.8. The van der Waals surface area contributed by atoms with Crippen LogP contribution in [0.5, 0.6) is 0 Å². The summed E-state index contributed by atoms with van der Waals surface area (Å²) in [6, 6.07) is 11.4. The minimum Gasteiger partial charge on any atom is -0.351 e. The lowest BCUT2D eigenvalue weighted by Crippen LogP contribution is -2.52. The molecule has 2 heterocycles. The van der Waals surface area contributed by atoms with Gasteiger partial charge in [-0.3, -0.25) is 14.9 Å². The summed E-state index contributed by atoms with van der Waals surface area (Å²) in [5.41, 5.74) is 3.02. The van der Waals surface area contributed by atoms with Crippen molar-refractivity contribution < 1.29 is 4.39 Å². The van der Waals surface area contributed by atoms with Crippen molar-refractivity contribution in [2.45, 2.75) is 20.0 Å². The summed E-state index contributed by atoms with van der Waals surface area (Å²) in [6.07, 6.45) is 0. The molecular weight excluding hydrogens is 409 g/mol. The van der Waals surface area contributed by atoms with Crippen LogP contribution in [0.2, 0.25) is 0 Å². The van der Waals surface area contributed by atoms with Crippen LogP contribution in [0.1, 0.15) is 17.0 Å². The van der Waals surface area contributed by atoms with Gasteiger partial charge in [0.25, 0.3) is 0 Å². The topological polar surface area (TPSA) is 43.8 Å². The Bertz CT molecular complexity index is 803. The molecule has 1 aromatic carbocycles. The van der Waals surface area contributed by atoms with Crippen molar-refractivity contribution in [3.63, 3.8) is 0 Å². The first-order chi connectivity index (χ1) is 13.0. The van der Waals surface area contributed by atoms with Crippen LogP contribution in [0.15, 0.2) is 45.9 Å². The van der Waals surface area contributed by atoms with Gasteiger partial charge in [-0.25, -0.2) is 4.39 Å². The lowest BCUT2D eigenvalue weighted by molar-refractivity contribution is 0.172. The van der Waals surface area contributed by atoms with E-state index in [9.17, 15) is 4.39 Å². The van der Waals surface area contributed by atoms with Gasteiger partial charge in [-0.15, -0.1) is 0 Å². The number of halogens is 2. The Morgan fingerprint density at radius 2 is 2.00 bits per heavy atom. The van der Waals surface area contributed by atoms with Crippen molar-refractivity contribution in [1.82, 2.24) is 20.1 Å². The van der Waals surface area contributed by atoms with E-state index in [4.69, 9.17) is 0 Å². The number of aryl methyl sites for hydroxylation is 1. The average molecular weight is 434 g/mol. The lowest BCUT2D eigenvalue weighted by atomic mass is 10.2. The van der Waals surface area contributed by atoms with Crippen LogP contribution in [0.4, 0.5) is 4.39 Å². The van der Waals surface area contributed by atoms with Crippen molar-refractivity contribution in [3.05, 3.63) is 63.6 Å². The Balaban J connectivity index is 1.50. The molecule has 1 aromatic heterocycles. The molecule has 2 aromatic rings. The molecule has 0 aliphatic carbocycles. The quantitative estimate of drug-likeness (QED) is 0.593. The highest BCUT2D eigenvalue weighted by Gasteiger charge is 2.20. The summed E-state index contributed by atoms with van der Waals surface area (Å²) < 4.78 is 14.2. The minimum absolute atomic E-state index is 0.208. The fourth-order valence-corrected chi connectivity index (χ4v) is 3.46. The first-order valence-electron chi connectivity index (χ1n) is 9.09. The molecular formula is C20H25BrFN5. The maximum atomic E-state index is 13.7. The van der Waals surface area contributed by atoms with Gasteiger partial charge < -0.3 is 10.2 Å². The van der Waals surface area contributed by atoms with Gasteiger partial charge in [-0.05, 0) is 52.7 Å². The number of piperazine rings is 1. The van der Waals surface area contributed by atoms with E-state index < -0.39 is 0 Å². The maximum absolute atomic E-state index is 13.7. The third kappa shape index (κ3) is 5.49. The van der Waals surface area contributed by atoms with E-state index >= 15 is 0 Å². The highest BCUT2D eigenvalue weighted by molar-refractivity contribution is 9.10. The molecule has 0 bridgehead atoms. The Kier molecular flexibility index (Phi) is 6.79. The SMILES string of the molecule is CN=C(NCc1cccc(C)n1)N1CCN(Cc2ccc(Br)c(F)c2)CC1. The van der Waals surface area contributed by atoms with Gasteiger partial charge in [-0.1, -0.05) is 12.1 Å². The van der Waals surface area contributed by atoms with E-state index in [2.05, 4.69) is 41.0 Å². The Hall–Kier alpha value is -1.99. The number of aromatic nitrogens is 1. The molecule has 1 saturated heterocycles. The minimum atomic E-state index is -0.208. The maximum Gasteiger partial charge on any atom is 0.194 e. The molecule has 0 radical (unpaired) electrons. The number of aliphatic imine (C=N–C) groups is 1. The van der Waals surface area contributed by atoms with Crippen LogP contribution in [0, 0.1) is 12.7 Å². The molecule has 1 aliphatic rings. The molecule has 144 valence electrons. The summed E-state index contributed by atoms with van der Waals surface area (Å²) in [5, 5.41) is 3.40. The van der Waals surface area contributed by atoms with Crippen LogP contribution >= 0.6 is 15.9 Å². The van der Waals surface area contributed by atoms with Crippen molar-refractivity contribution >= 4 is 21.9 Å². The van der Waals surface area contributed by atoms with Gasteiger partial charge in [0.1, 0.15) is 5.82 Å². The average Bonchev–Trinajstić information content (AvgIpc) is 2.66. The second-order valence-electron chi connectivity index (χ2n) is 6.68. The zero-order valence-corrected chi connectivity index (χ0v) is 17.3. The molecule has 7 heteroatoms. The predicted octanol–water partition coefficient (Wildman–Crippen LogP) is 3.18. The number of hydrogen-bond acceptors (Lipinski definition) is 3. The summed E-state index contributed by atoms with van der Waals surface area (Å²) >= 11 is 3.20. The lowest BCUT2D eigenvalue weighted by Gasteiger charge is -2.36. The highest BCUT2D eigenvalue weighted by atomic mass is 79.9. The van der Waals surface area contributed by atoms with Crippen LogP contribution < -0.4 is 5.32 Å². The molecule has 0 atom stereocenters. The molecule has 0 spiro atoms. The number of guanidine groups is 1. The second kappa shape index (κ2) is 9.28. The summed E-state index contributed by atoms with van der Waals surface area (Å²) in [4.78, 5) is 13.5. The number of rotatable bonds is 4. The van der Waals surface area contributed by atoms with Gasteiger partial charge in [0.15, 0.2) is 5.96 Å². The predicted molar refractivity (Wildman–Crippen MR) is 110 cm³/mol. The van der Waals surface area contributed by atoms with Crippen molar-refractivity contribution in [3.8, 4) is 0 Å². The van der Waals surface area contributed by atoms with Crippen LogP contribution in [0.3, 0.4) is 0 Å². The molecule has 0 amide bonds. The van der Waals surface area contributed by atoms with Crippen molar-refractivity contribution in [2.24, 2.45) is 4.99 Å². The number of benzene rings is 1. The van der Waals surface area contributed by atoms with Gasteiger partial charge in [0, 0.05) is 45.5 Å². The monoisotopic (exact) mass is 433 g/mol. The van der Waals surface area contributed by atoms with E-state index in [1.165, 1.54) is 0 Å². The van der Waals surface area contributed by atoms with E-state index in [1.807, 2.05) is 38.2 Å². The number of nitrogens with one attached hydrogen (secondary N) is 1. The number of nitrogens with zero attached hydrogens (tertiary/aromatic N) is 4. The summed E-state index contributed by atoms with van der Waals surface area (Å²) in [6.45, 7) is 7.03. The smallest absolute Gasteiger partial charge is 0.194 e. The molecule has 5 nitrogen and oxygen atoms in total. The Labute approximate surface area is 168 Å². The van der Waals surface area contributed by atoms with E-state index in [-0.39, 0.29) is 5.82 Å². The molecule has 3 rings (SSSR count). The van der Waals surface area contributed by atoms with Crippen LogP contribution in [-0.4, -0.2) is 54.0 Å². The van der Waals surface area contributed by atoms with E-state index in [1.54, 1.807) is 12.1 Å². The number of hydrogen-bond donors (Lipinski definition) is 1. The van der Waals surface area contributed by atoms with Crippen LogP contribution in [0.25, 0.3) is 0 Å². The first-order valence-corrected chi connectivity index (χ1v) is 9.89. The third-order valence-electron chi connectivity index (χ3n) is 4.65. The summed E-state index contributed by atoms with van der Waals surface area (Å²) in [5.74, 6) is 0.688. The molecule has 0 unspecified atom stereocenters. The largest absolute Gasteiger partial charge is 0.351 e. The van der Waals surface area contributed by atoms with Gasteiger partial charge in [-0.2, -0.15) is 0 Å².